The minimum absolute atomic E-state index is 0.0878. The maximum atomic E-state index is 11.8. The number of halogens is 2. The molecule has 0 heterocycles. The number of amides is 2. The second-order valence-electron chi connectivity index (χ2n) is 5.83. The fourth-order valence-electron chi connectivity index (χ4n) is 2.63. The van der Waals surface area contributed by atoms with Crippen LogP contribution in [0.5, 0.6) is 0 Å². The van der Waals surface area contributed by atoms with E-state index in [9.17, 15) is 9.59 Å². The van der Waals surface area contributed by atoms with Crippen molar-refractivity contribution in [2.45, 2.75) is 51.0 Å². The second-order valence-corrected chi connectivity index (χ2v) is 6.65. The molecule has 0 bridgehead atoms. The molecule has 2 rings (SSSR count). The molecular weight excluding hydrogens is 349 g/mol. The molecule has 0 atom stereocenters. The van der Waals surface area contributed by atoms with Crippen molar-refractivity contribution >= 4 is 41.2 Å². The fourth-order valence-corrected chi connectivity index (χ4v) is 3.13. The first-order valence-corrected chi connectivity index (χ1v) is 8.87. The monoisotopic (exact) mass is 369 g/mol. The molecule has 0 saturated heterocycles. The smallest absolute Gasteiger partial charge is 0.240 e. The number of hydrazone groups is 1. The van der Waals surface area contributed by atoms with Gasteiger partial charge >= 0.3 is 0 Å². The van der Waals surface area contributed by atoms with Crippen LogP contribution in [0.3, 0.4) is 0 Å². The van der Waals surface area contributed by atoms with Crippen LogP contribution in [-0.4, -0.2) is 24.1 Å². The van der Waals surface area contributed by atoms with Crippen molar-refractivity contribution in [3.63, 3.8) is 0 Å². The minimum Gasteiger partial charge on any atom is -0.353 e. The van der Waals surface area contributed by atoms with Gasteiger partial charge in [0.1, 0.15) is 0 Å². The van der Waals surface area contributed by atoms with Gasteiger partial charge in [0, 0.05) is 24.4 Å². The molecule has 1 saturated carbocycles. The lowest BCUT2D eigenvalue weighted by molar-refractivity contribution is -0.126. The van der Waals surface area contributed by atoms with Gasteiger partial charge in [-0.05, 0) is 25.0 Å². The van der Waals surface area contributed by atoms with E-state index in [1.165, 1.54) is 12.6 Å². The number of carbonyl (C=O) groups is 2. The zero-order chi connectivity index (χ0) is 17.4. The van der Waals surface area contributed by atoms with E-state index >= 15 is 0 Å². The van der Waals surface area contributed by atoms with Gasteiger partial charge in [0.2, 0.25) is 11.8 Å². The molecule has 130 valence electrons. The zero-order valence-corrected chi connectivity index (χ0v) is 14.9. The van der Waals surface area contributed by atoms with Crippen LogP contribution in [0.25, 0.3) is 0 Å². The van der Waals surface area contributed by atoms with Gasteiger partial charge in [-0.1, -0.05) is 48.5 Å². The molecule has 5 nitrogen and oxygen atoms in total. The lowest BCUT2D eigenvalue weighted by Gasteiger charge is -2.22. The van der Waals surface area contributed by atoms with Crippen LogP contribution >= 0.6 is 23.2 Å². The Hall–Kier alpha value is -1.59. The normalized spacial score (nSPS) is 15.4. The maximum absolute atomic E-state index is 11.8. The molecule has 1 aliphatic rings. The number of carbonyl (C=O) groups excluding carboxylic acids is 2. The highest BCUT2D eigenvalue weighted by Crippen LogP contribution is 2.22. The maximum Gasteiger partial charge on any atom is 0.240 e. The van der Waals surface area contributed by atoms with Crippen LogP contribution in [-0.2, 0) is 9.59 Å². The van der Waals surface area contributed by atoms with Crippen LogP contribution < -0.4 is 10.7 Å². The topological polar surface area (TPSA) is 70.6 Å². The summed E-state index contributed by atoms with van der Waals surface area (Å²) in [7, 11) is 0. The Morgan fingerprint density at radius 3 is 2.38 bits per heavy atom. The largest absolute Gasteiger partial charge is 0.353 e. The Bertz CT molecular complexity index is 594. The van der Waals surface area contributed by atoms with E-state index in [4.69, 9.17) is 23.2 Å². The molecule has 0 radical (unpaired) electrons. The Morgan fingerprint density at radius 1 is 1.08 bits per heavy atom. The third kappa shape index (κ3) is 6.13. The zero-order valence-electron chi connectivity index (χ0n) is 13.4. The molecule has 0 aliphatic heterocycles. The third-order valence-electron chi connectivity index (χ3n) is 3.93. The Kier molecular flexibility index (Phi) is 7.53. The molecule has 2 N–H and O–H groups in total. The second kappa shape index (κ2) is 9.64. The predicted octanol–water partition coefficient (Wildman–Crippen LogP) is 3.67. The highest BCUT2D eigenvalue weighted by molar-refractivity contribution is 6.38. The molecule has 1 fully saturated rings. The number of nitrogens with zero attached hydrogens (tertiary/aromatic N) is 1. The van der Waals surface area contributed by atoms with Gasteiger partial charge in [0.05, 0.1) is 16.3 Å². The molecule has 0 spiro atoms. The van der Waals surface area contributed by atoms with Crippen LogP contribution in [0, 0.1) is 0 Å². The first-order valence-electron chi connectivity index (χ1n) is 8.11. The van der Waals surface area contributed by atoms with E-state index in [2.05, 4.69) is 15.8 Å². The van der Waals surface area contributed by atoms with Crippen molar-refractivity contribution in [1.29, 1.82) is 0 Å². The van der Waals surface area contributed by atoms with E-state index in [1.807, 2.05) is 0 Å². The van der Waals surface area contributed by atoms with E-state index in [0.717, 1.165) is 25.7 Å². The van der Waals surface area contributed by atoms with Crippen molar-refractivity contribution in [3.05, 3.63) is 33.8 Å². The molecule has 1 aromatic rings. The van der Waals surface area contributed by atoms with Gasteiger partial charge in [0.15, 0.2) is 0 Å². The molecule has 1 aliphatic carbocycles. The highest BCUT2D eigenvalue weighted by atomic mass is 35.5. The van der Waals surface area contributed by atoms with Crippen molar-refractivity contribution < 1.29 is 9.59 Å². The van der Waals surface area contributed by atoms with E-state index < -0.39 is 0 Å². The molecule has 24 heavy (non-hydrogen) atoms. The van der Waals surface area contributed by atoms with Gasteiger partial charge in [0.25, 0.3) is 0 Å². The summed E-state index contributed by atoms with van der Waals surface area (Å²) in [6, 6.07) is 5.36. The summed E-state index contributed by atoms with van der Waals surface area (Å²) in [6.45, 7) is 0. The molecule has 0 unspecified atom stereocenters. The lowest BCUT2D eigenvalue weighted by atomic mass is 9.95. The fraction of sp³-hybridized carbons (Fsp3) is 0.471. The predicted molar refractivity (Wildman–Crippen MR) is 96.4 cm³/mol. The summed E-state index contributed by atoms with van der Waals surface area (Å²) in [4.78, 5) is 23.6. The highest BCUT2D eigenvalue weighted by Gasteiger charge is 2.16. The number of hydrogen-bond acceptors (Lipinski definition) is 3. The third-order valence-corrected chi connectivity index (χ3v) is 4.59. The van der Waals surface area contributed by atoms with Crippen LogP contribution in [0.2, 0.25) is 10.0 Å². The van der Waals surface area contributed by atoms with Gasteiger partial charge in [-0.3, -0.25) is 9.59 Å². The molecule has 2 amide bonds. The average molecular weight is 370 g/mol. The standard InChI is InChI=1S/C17H21Cl2N3O2/c18-14-7-4-8-15(19)13(14)11-20-22-17(24)10-9-16(23)21-12-5-2-1-3-6-12/h4,7-8,11-12H,1-3,5-6,9-10H2,(H,21,23)(H,22,24). The van der Waals surface area contributed by atoms with E-state index in [0.29, 0.717) is 15.6 Å². The van der Waals surface area contributed by atoms with Gasteiger partial charge in [-0.2, -0.15) is 5.10 Å². The van der Waals surface area contributed by atoms with E-state index in [-0.39, 0.29) is 30.7 Å². The van der Waals surface area contributed by atoms with Crippen LogP contribution in [0.1, 0.15) is 50.5 Å². The molecule has 0 aromatic heterocycles. The Balaban J connectivity index is 1.71. The first kappa shape index (κ1) is 18.7. The van der Waals surface area contributed by atoms with Crippen molar-refractivity contribution in [3.8, 4) is 0 Å². The summed E-state index contributed by atoms with van der Waals surface area (Å²) >= 11 is 12.0. The summed E-state index contributed by atoms with van der Waals surface area (Å²) in [5, 5.41) is 7.71. The summed E-state index contributed by atoms with van der Waals surface area (Å²) in [6.07, 6.45) is 7.25. The molecular formula is C17H21Cl2N3O2. The summed E-state index contributed by atoms with van der Waals surface area (Å²) in [5.74, 6) is -0.414. The SMILES string of the molecule is O=C(CCC(=O)NC1CCCCC1)NN=Cc1c(Cl)cccc1Cl. The molecule has 1 aromatic carbocycles. The van der Waals surface area contributed by atoms with Crippen molar-refractivity contribution in [1.82, 2.24) is 10.7 Å². The first-order chi connectivity index (χ1) is 11.6. The number of rotatable bonds is 6. The Labute approximate surface area is 151 Å². The van der Waals surface area contributed by atoms with Gasteiger partial charge < -0.3 is 5.32 Å². The van der Waals surface area contributed by atoms with Crippen LogP contribution in [0.15, 0.2) is 23.3 Å². The summed E-state index contributed by atoms with van der Waals surface area (Å²) < 4.78 is 0. The van der Waals surface area contributed by atoms with Crippen LogP contribution in [0.4, 0.5) is 0 Å². The number of nitrogens with one attached hydrogen (secondary N) is 2. The Morgan fingerprint density at radius 2 is 1.71 bits per heavy atom. The summed E-state index contributed by atoms with van der Waals surface area (Å²) in [5.41, 5.74) is 2.92. The minimum atomic E-state index is -0.326. The van der Waals surface area contributed by atoms with Gasteiger partial charge in [-0.15, -0.1) is 0 Å². The average Bonchev–Trinajstić information content (AvgIpc) is 2.56. The number of benzene rings is 1. The van der Waals surface area contributed by atoms with Crippen molar-refractivity contribution in [2.24, 2.45) is 5.10 Å². The quantitative estimate of drug-likeness (QED) is 0.593. The molecule has 7 heteroatoms. The van der Waals surface area contributed by atoms with Gasteiger partial charge in [-0.25, -0.2) is 5.43 Å². The van der Waals surface area contributed by atoms with Crippen molar-refractivity contribution in [2.75, 3.05) is 0 Å². The van der Waals surface area contributed by atoms with E-state index in [1.54, 1.807) is 18.2 Å². The number of hydrogen-bond donors (Lipinski definition) is 2. The lowest BCUT2D eigenvalue weighted by Crippen LogP contribution is -2.36.